The largest absolute Gasteiger partial charge is 0.322 e. The van der Waals surface area contributed by atoms with E-state index in [1.165, 1.54) is 16.7 Å². The molecule has 0 radical (unpaired) electrons. The fourth-order valence-corrected chi connectivity index (χ4v) is 3.82. The summed E-state index contributed by atoms with van der Waals surface area (Å²) in [7, 11) is 0. The molecule has 2 heterocycles. The molecule has 0 unspecified atom stereocenters. The third-order valence-corrected chi connectivity index (χ3v) is 5.04. The fraction of sp³-hybridized carbons (Fsp3) is 0.316. The lowest BCUT2D eigenvalue weighted by atomic mass is 9.84. The highest BCUT2D eigenvalue weighted by Gasteiger charge is 2.40. The number of fused-ring (bicyclic) bond motifs is 3. The number of hydrogen-bond acceptors (Lipinski definition) is 2. The molecule has 4 nitrogen and oxygen atoms in total. The van der Waals surface area contributed by atoms with Gasteiger partial charge in [0.15, 0.2) is 0 Å². The molecule has 2 aromatic rings. The van der Waals surface area contributed by atoms with E-state index in [0.717, 1.165) is 18.8 Å². The van der Waals surface area contributed by atoms with E-state index >= 15 is 0 Å². The molecule has 2 aromatic carbocycles. The second-order valence-electron chi connectivity index (χ2n) is 6.40. The zero-order valence-corrected chi connectivity index (χ0v) is 14.5. The normalized spacial score (nSPS) is 21.5. The van der Waals surface area contributed by atoms with Crippen LogP contribution in [-0.2, 0) is 6.54 Å². The Hall–Kier alpha value is -2.04. The van der Waals surface area contributed by atoms with E-state index in [2.05, 4.69) is 35.8 Å². The number of halogens is 1. The van der Waals surface area contributed by atoms with E-state index in [4.69, 9.17) is 0 Å². The van der Waals surface area contributed by atoms with E-state index in [1.807, 2.05) is 35.2 Å². The summed E-state index contributed by atoms with van der Waals surface area (Å²) in [6.07, 6.45) is 0. The number of carbonyl (C=O) groups excluding carboxylic acids is 1. The standard InChI is InChI=1S/C19H21N3O.ClH/c1-13-6-5-9-15-16-10-20-11-18(16)22(12-17(13)15)19(23)21-14-7-3-2-4-8-14;/h2-9,16,18,20H,10-12H2,1H3,(H,21,23);1H/t16-,18+;/m1./s1. The molecule has 0 saturated carbocycles. The third-order valence-electron chi connectivity index (χ3n) is 5.04. The quantitative estimate of drug-likeness (QED) is 0.832. The van der Waals surface area contributed by atoms with Crippen molar-refractivity contribution in [3.63, 3.8) is 0 Å². The number of urea groups is 1. The monoisotopic (exact) mass is 343 g/mol. The Balaban J connectivity index is 0.00000169. The molecule has 0 spiro atoms. The number of rotatable bonds is 1. The number of nitrogens with one attached hydrogen (secondary N) is 2. The van der Waals surface area contributed by atoms with Crippen LogP contribution >= 0.6 is 12.4 Å². The maximum Gasteiger partial charge on any atom is 0.322 e. The highest BCUT2D eigenvalue weighted by Crippen LogP contribution is 2.37. The Labute approximate surface area is 148 Å². The van der Waals surface area contributed by atoms with E-state index in [0.29, 0.717) is 12.5 Å². The second-order valence-corrected chi connectivity index (χ2v) is 6.40. The number of nitrogens with zero attached hydrogens (tertiary/aromatic N) is 1. The highest BCUT2D eigenvalue weighted by atomic mass is 35.5. The summed E-state index contributed by atoms with van der Waals surface area (Å²) in [5, 5.41) is 6.49. The number of carbonyl (C=O) groups is 1. The van der Waals surface area contributed by atoms with Crippen LogP contribution < -0.4 is 10.6 Å². The average molecular weight is 344 g/mol. The minimum Gasteiger partial charge on any atom is -0.315 e. The number of para-hydroxylation sites is 1. The number of anilines is 1. The Morgan fingerprint density at radius 2 is 1.92 bits per heavy atom. The zero-order chi connectivity index (χ0) is 15.8. The van der Waals surface area contributed by atoms with Crippen LogP contribution in [0.4, 0.5) is 10.5 Å². The zero-order valence-electron chi connectivity index (χ0n) is 13.7. The van der Waals surface area contributed by atoms with Gasteiger partial charge in [0.2, 0.25) is 0 Å². The van der Waals surface area contributed by atoms with Crippen LogP contribution in [-0.4, -0.2) is 30.1 Å². The molecule has 0 aromatic heterocycles. The Morgan fingerprint density at radius 1 is 1.12 bits per heavy atom. The molecule has 24 heavy (non-hydrogen) atoms. The van der Waals surface area contributed by atoms with Gasteiger partial charge >= 0.3 is 6.03 Å². The van der Waals surface area contributed by atoms with Gasteiger partial charge in [-0.1, -0.05) is 36.4 Å². The molecule has 2 N–H and O–H groups in total. The number of amides is 2. The minimum absolute atomic E-state index is 0. The summed E-state index contributed by atoms with van der Waals surface area (Å²) in [6.45, 7) is 4.62. The molecule has 2 amide bonds. The summed E-state index contributed by atoms with van der Waals surface area (Å²) in [5.41, 5.74) is 4.82. The molecule has 1 fully saturated rings. The first-order valence-electron chi connectivity index (χ1n) is 8.16. The van der Waals surface area contributed by atoms with Crippen molar-refractivity contribution in [2.75, 3.05) is 18.4 Å². The number of aryl methyl sites for hydroxylation is 1. The molecule has 0 bridgehead atoms. The van der Waals surface area contributed by atoms with Crippen LogP contribution in [0.25, 0.3) is 0 Å². The first kappa shape index (κ1) is 16.8. The average Bonchev–Trinajstić information content (AvgIpc) is 3.05. The molecule has 4 rings (SSSR count). The lowest BCUT2D eigenvalue weighted by molar-refractivity contribution is 0.175. The lowest BCUT2D eigenvalue weighted by Gasteiger charge is -2.39. The summed E-state index contributed by atoms with van der Waals surface area (Å²) in [6, 6.07) is 16.4. The molecular formula is C19H22ClN3O. The minimum atomic E-state index is -0.0104. The van der Waals surface area contributed by atoms with Crippen LogP contribution in [0.2, 0.25) is 0 Å². The van der Waals surface area contributed by atoms with E-state index < -0.39 is 0 Å². The van der Waals surface area contributed by atoms with Crippen molar-refractivity contribution in [2.24, 2.45) is 0 Å². The van der Waals surface area contributed by atoms with Crippen molar-refractivity contribution in [1.82, 2.24) is 10.2 Å². The molecule has 2 aliphatic rings. The SMILES string of the molecule is Cc1cccc2c1CN(C(=O)Nc1ccccc1)[C@H]1CNC[C@H]21.Cl. The van der Waals surface area contributed by atoms with Gasteiger partial charge < -0.3 is 15.5 Å². The molecule has 2 aliphatic heterocycles. The number of hydrogen-bond donors (Lipinski definition) is 2. The van der Waals surface area contributed by atoms with Crippen LogP contribution in [0.15, 0.2) is 48.5 Å². The summed E-state index contributed by atoms with van der Waals surface area (Å²) < 4.78 is 0. The number of benzene rings is 2. The maximum absolute atomic E-state index is 12.8. The molecule has 5 heteroatoms. The van der Waals surface area contributed by atoms with Gasteiger partial charge in [0.1, 0.15) is 0 Å². The van der Waals surface area contributed by atoms with Crippen LogP contribution in [0.1, 0.15) is 22.6 Å². The molecule has 126 valence electrons. The van der Waals surface area contributed by atoms with Gasteiger partial charge in [0, 0.05) is 31.2 Å². The van der Waals surface area contributed by atoms with Crippen LogP contribution in [0.3, 0.4) is 0 Å². The molecule has 1 saturated heterocycles. The Bertz CT molecular complexity index is 735. The van der Waals surface area contributed by atoms with Gasteiger partial charge in [0.25, 0.3) is 0 Å². The van der Waals surface area contributed by atoms with Crippen LogP contribution in [0.5, 0.6) is 0 Å². The van der Waals surface area contributed by atoms with Gasteiger partial charge in [-0.05, 0) is 35.7 Å². The van der Waals surface area contributed by atoms with Crippen molar-refractivity contribution in [1.29, 1.82) is 0 Å². The van der Waals surface area contributed by atoms with Crippen molar-refractivity contribution < 1.29 is 4.79 Å². The van der Waals surface area contributed by atoms with E-state index in [1.54, 1.807) is 0 Å². The first-order chi connectivity index (χ1) is 11.2. The summed E-state index contributed by atoms with van der Waals surface area (Å²) in [5.74, 6) is 0.389. The Morgan fingerprint density at radius 3 is 2.71 bits per heavy atom. The molecule has 0 aliphatic carbocycles. The summed E-state index contributed by atoms with van der Waals surface area (Å²) >= 11 is 0. The fourth-order valence-electron chi connectivity index (χ4n) is 3.82. The predicted octanol–water partition coefficient (Wildman–Crippen LogP) is 3.52. The summed E-state index contributed by atoms with van der Waals surface area (Å²) in [4.78, 5) is 14.8. The van der Waals surface area contributed by atoms with Gasteiger partial charge in [-0.15, -0.1) is 12.4 Å². The third kappa shape index (κ3) is 2.87. The highest BCUT2D eigenvalue weighted by molar-refractivity contribution is 5.90. The van der Waals surface area contributed by atoms with Gasteiger partial charge in [-0.25, -0.2) is 4.79 Å². The van der Waals surface area contributed by atoms with E-state index in [-0.39, 0.29) is 24.5 Å². The Kier molecular flexibility index (Phi) is 4.78. The first-order valence-corrected chi connectivity index (χ1v) is 8.16. The van der Waals surface area contributed by atoms with Gasteiger partial charge in [-0.2, -0.15) is 0 Å². The van der Waals surface area contributed by atoms with Crippen molar-refractivity contribution >= 4 is 24.1 Å². The van der Waals surface area contributed by atoms with Gasteiger partial charge in [0.05, 0.1) is 6.04 Å². The molecule has 2 atom stereocenters. The second kappa shape index (κ2) is 6.83. The van der Waals surface area contributed by atoms with Crippen molar-refractivity contribution in [3.8, 4) is 0 Å². The van der Waals surface area contributed by atoms with E-state index in [9.17, 15) is 4.79 Å². The predicted molar refractivity (Wildman–Crippen MR) is 98.8 cm³/mol. The van der Waals surface area contributed by atoms with Crippen molar-refractivity contribution in [2.45, 2.75) is 25.4 Å². The van der Waals surface area contributed by atoms with Crippen molar-refractivity contribution in [3.05, 3.63) is 65.2 Å². The van der Waals surface area contributed by atoms with Gasteiger partial charge in [-0.3, -0.25) is 0 Å². The lowest BCUT2D eigenvalue weighted by Crippen LogP contribution is -2.48. The topological polar surface area (TPSA) is 44.4 Å². The molecular weight excluding hydrogens is 322 g/mol. The maximum atomic E-state index is 12.8. The van der Waals surface area contributed by atoms with Crippen LogP contribution in [0, 0.1) is 6.92 Å². The smallest absolute Gasteiger partial charge is 0.315 e.